The lowest BCUT2D eigenvalue weighted by Gasteiger charge is -2.22. The van der Waals surface area contributed by atoms with E-state index in [0.717, 1.165) is 5.69 Å². The van der Waals surface area contributed by atoms with Crippen LogP contribution in [0.2, 0.25) is 0 Å². The van der Waals surface area contributed by atoms with Gasteiger partial charge in [0.05, 0.1) is 5.75 Å². The van der Waals surface area contributed by atoms with Crippen LogP contribution in [-0.2, 0) is 22.6 Å². The number of para-hydroxylation sites is 1. The van der Waals surface area contributed by atoms with Gasteiger partial charge in [-0.3, -0.25) is 4.68 Å². The number of urea groups is 1. The lowest BCUT2D eigenvalue weighted by atomic mass is 9.92. The van der Waals surface area contributed by atoms with Gasteiger partial charge in [0.25, 0.3) is 0 Å². The smallest absolute Gasteiger partial charge is 0.319 e. The summed E-state index contributed by atoms with van der Waals surface area (Å²) in [6.07, 6.45) is 2.91. The largest absolute Gasteiger partial charge is 0.337 e. The first-order chi connectivity index (χ1) is 12.2. The van der Waals surface area contributed by atoms with E-state index in [1.165, 1.54) is 6.26 Å². The Bertz CT molecular complexity index is 859. The van der Waals surface area contributed by atoms with Crippen molar-refractivity contribution in [3.05, 3.63) is 47.8 Å². The second-order valence-electron chi connectivity index (χ2n) is 6.79. The molecule has 1 aromatic heterocycles. The molecule has 2 N–H and O–H groups in total. The van der Waals surface area contributed by atoms with Crippen LogP contribution in [0.1, 0.15) is 31.0 Å². The fourth-order valence-corrected chi connectivity index (χ4v) is 3.67. The Balaban J connectivity index is 2.04. The van der Waals surface area contributed by atoms with Gasteiger partial charge >= 0.3 is 6.03 Å². The molecular weight excluding hydrogens is 352 g/mol. The first-order valence-electron chi connectivity index (χ1n) is 8.45. The van der Waals surface area contributed by atoms with Crippen LogP contribution in [0.5, 0.6) is 0 Å². The number of aryl methyl sites for hydroxylation is 1. The molecule has 0 fully saturated rings. The summed E-state index contributed by atoms with van der Waals surface area (Å²) in [6.45, 7) is 4.65. The molecule has 2 amide bonds. The predicted molar refractivity (Wildman–Crippen MR) is 103 cm³/mol. The number of benzene rings is 1. The van der Waals surface area contributed by atoms with Gasteiger partial charge < -0.3 is 10.6 Å². The minimum absolute atomic E-state index is 0.118. The maximum atomic E-state index is 12.3. The van der Waals surface area contributed by atoms with Crippen molar-refractivity contribution in [2.75, 3.05) is 18.1 Å². The molecule has 0 unspecified atom stereocenters. The van der Waals surface area contributed by atoms with E-state index in [2.05, 4.69) is 29.6 Å². The molecule has 142 valence electrons. The molecule has 0 spiro atoms. The number of amides is 2. The van der Waals surface area contributed by atoms with Crippen molar-refractivity contribution >= 4 is 21.6 Å². The van der Waals surface area contributed by atoms with E-state index in [4.69, 9.17) is 0 Å². The van der Waals surface area contributed by atoms with Crippen LogP contribution in [-0.4, -0.2) is 37.0 Å². The molecule has 2 aromatic rings. The van der Waals surface area contributed by atoms with Crippen molar-refractivity contribution in [3.8, 4) is 0 Å². The fraction of sp³-hybridized carbons (Fsp3) is 0.444. The van der Waals surface area contributed by atoms with E-state index < -0.39 is 9.84 Å². The summed E-state index contributed by atoms with van der Waals surface area (Å²) < 4.78 is 24.9. The van der Waals surface area contributed by atoms with Crippen molar-refractivity contribution in [1.82, 2.24) is 15.1 Å². The number of hydrogen-bond donors (Lipinski definition) is 2. The Morgan fingerprint density at radius 1 is 1.23 bits per heavy atom. The van der Waals surface area contributed by atoms with Crippen molar-refractivity contribution in [2.24, 2.45) is 13.0 Å². The fourth-order valence-electron chi connectivity index (χ4n) is 2.85. The van der Waals surface area contributed by atoms with Gasteiger partial charge in [-0.1, -0.05) is 32.0 Å². The summed E-state index contributed by atoms with van der Waals surface area (Å²) in [5.74, 6) is 0.329. The number of carbonyl (C=O) groups excluding carboxylic acids is 1. The van der Waals surface area contributed by atoms with Gasteiger partial charge in [0.15, 0.2) is 9.84 Å². The van der Waals surface area contributed by atoms with Gasteiger partial charge in [-0.05, 0) is 23.6 Å². The number of sulfone groups is 1. The maximum absolute atomic E-state index is 12.3. The lowest BCUT2D eigenvalue weighted by molar-refractivity contribution is 0.250. The number of anilines is 1. The normalized spacial score (nSPS) is 12.8. The third kappa shape index (κ3) is 5.59. The van der Waals surface area contributed by atoms with Crippen molar-refractivity contribution < 1.29 is 13.2 Å². The third-order valence-electron chi connectivity index (χ3n) is 4.21. The van der Waals surface area contributed by atoms with Gasteiger partial charge in [-0.25, -0.2) is 13.2 Å². The van der Waals surface area contributed by atoms with Gasteiger partial charge in [0, 0.05) is 43.3 Å². The Labute approximate surface area is 154 Å². The zero-order valence-corrected chi connectivity index (χ0v) is 16.4. The first-order valence-corrected chi connectivity index (χ1v) is 10.5. The van der Waals surface area contributed by atoms with Crippen LogP contribution in [0.25, 0.3) is 0 Å². The van der Waals surface area contributed by atoms with Crippen LogP contribution in [0.15, 0.2) is 36.5 Å². The standard InChI is InChI=1S/C18H26N4O3S/c1-13(2)15(17-9-10-20-22(17)3)11-19-18(23)21-16-8-6-5-7-14(16)12-26(4,24)25/h5-10,13,15H,11-12H2,1-4H3,(H2,19,21,23)/t15-/m0/s1. The molecule has 8 heteroatoms. The quantitative estimate of drug-likeness (QED) is 0.774. The second-order valence-corrected chi connectivity index (χ2v) is 8.93. The van der Waals surface area contributed by atoms with Gasteiger partial charge in [0.2, 0.25) is 0 Å². The van der Waals surface area contributed by atoms with Crippen molar-refractivity contribution in [2.45, 2.75) is 25.5 Å². The highest BCUT2D eigenvalue weighted by Crippen LogP contribution is 2.23. The van der Waals surface area contributed by atoms with Gasteiger partial charge in [-0.2, -0.15) is 5.10 Å². The highest BCUT2D eigenvalue weighted by Gasteiger charge is 2.20. The molecule has 0 saturated carbocycles. The van der Waals surface area contributed by atoms with Gasteiger partial charge in [-0.15, -0.1) is 0 Å². The van der Waals surface area contributed by atoms with E-state index in [-0.39, 0.29) is 17.7 Å². The molecule has 1 aromatic carbocycles. The summed E-state index contributed by atoms with van der Waals surface area (Å²) in [7, 11) is -1.31. The molecule has 0 aliphatic rings. The number of hydrogen-bond acceptors (Lipinski definition) is 4. The molecule has 2 rings (SSSR count). The average molecular weight is 378 g/mol. The van der Waals surface area contributed by atoms with Crippen molar-refractivity contribution in [3.63, 3.8) is 0 Å². The topological polar surface area (TPSA) is 93.1 Å². The molecule has 0 radical (unpaired) electrons. The summed E-state index contributed by atoms with van der Waals surface area (Å²) in [5.41, 5.74) is 2.12. The Morgan fingerprint density at radius 2 is 1.92 bits per heavy atom. The maximum Gasteiger partial charge on any atom is 0.319 e. The molecular formula is C18H26N4O3S. The molecule has 1 heterocycles. The van der Waals surface area contributed by atoms with Crippen LogP contribution in [0.4, 0.5) is 10.5 Å². The SMILES string of the molecule is CC(C)[C@H](CNC(=O)Nc1ccccc1CS(C)(=O)=O)c1ccnn1C. The molecule has 0 saturated heterocycles. The van der Waals surface area contributed by atoms with Crippen molar-refractivity contribution in [1.29, 1.82) is 0 Å². The molecule has 0 bridgehead atoms. The van der Waals surface area contributed by atoms with E-state index in [1.54, 1.807) is 30.5 Å². The zero-order valence-electron chi connectivity index (χ0n) is 15.6. The lowest BCUT2D eigenvalue weighted by Crippen LogP contribution is -2.34. The van der Waals surface area contributed by atoms with Crippen LogP contribution < -0.4 is 10.6 Å². The first kappa shape index (κ1) is 20.0. The summed E-state index contributed by atoms with van der Waals surface area (Å²) in [6, 6.07) is 8.49. The molecule has 26 heavy (non-hydrogen) atoms. The minimum Gasteiger partial charge on any atom is -0.337 e. The summed E-state index contributed by atoms with van der Waals surface area (Å²) >= 11 is 0. The second kappa shape index (κ2) is 8.35. The number of rotatable bonds is 7. The van der Waals surface area contributed by atoms with Crippen LogP contribution >= 0.6 is 0 Å². The number of aromatic nitrogens is 2. The summed E-state index contributed by atoms with van der Waals surface area (Å²) in [5, 5.41) is 9.82. The average Bonchev–Trinajstić information content (AvgIpc) is 2.94. The van der Waals surface area contributed by atoms with E-state index in [0.29, 0.717) is 23.7 Å². The monoisotopic (exact) mass is 378 g/mol. The third-order valence-corrected chi connectivity index (χ3v) is 5.04. The van der Waals surface area contributed by atoms with Gasteiger partial charge in [0.1, 0.15) is 0 Å². The molecule has 1 atom stereocenters. The predicted octanol–water partition coefficient (Wildman–Crippen LogP) is 2.53. The minimum atomic E-state index is -3.19. The Kier molecular flexibility index (Phi) is 6.42. The highest BCUT2D eigenvalue weighted by molar-refractivity contribution is 7.89. The van der Waals surface area contributed by atoms with Crippen LogP contribution in [0.3, 0.4) is 0 Å². The van der Waals surface area contributed by atoms with E-state index in [1.807, 2.05) is 17.8 Å². The summed E-state index contributed by atoms with van der Waals surface area (Å²) in [4.78, 5) is 12.3. The number of nitrogens with zero attached hydrogens (tertiary/aromatic N) is 2. The van der Waals surface area contributed by atoms with E-state index in [9.17, 15) is 13.2 Å². The number of carbonyl (C=O) groups is 1. The van der Waals surface area contributed by atoms with E-state index >= 15 is 0 Å². The Hall–Kier alpha value is -2.35. The number of nitrogens with one attached hydrogen (secondary N) is 2. The highest BCUT2D eigenvalue weighted by atomic mass is 32.2. The van der Waals surface area contributed by atoms with Crippen LogP contribution in [0, 0.1) is 5.92 Å². The Morgan fingerprint density at radius 3 is 2.50 bits per heavy atom. The molecule has 0 aliphatic carbocycles. The zero-order chi connectivity index (χ0) is 19.3. The molecule has 0 aliphatic heterocycles. The molecule has 7 nitrogen and oxygen atoms in total.